The van der Waals surface area contributed by atoms with E-state index in [1.54, 1.807) is 19.4 Å². The molecule has 3 aromatic rings. The number of aromatic nitrogens is 5. The third-order valence-electron chi connectivity index (χ3n) is 4.14. The molecule has 0 aliphatic carbocycles. The zero-order valence-electron chi connectivity index (χ0n) is 13.5. The summed E-state index contributed by atoms with van der Waals surface area (Å²) < 4.78 is 7.37. The largest absolute Gasteiger partial charge is 0.481 e. The predicted octanol–water partition coefficient (Wildman–Crippen LogP) is 1.69. The maximum Gasteiger partial charge on any atom is 0.229 e. The van der Waals surface area contributed by atoms with Gasteiger partial charge in [0.2, 0.25) is 11.8 Å². The maximum absolute atomic E-state index is 5.17. The average molecular weight is 322 g/mol. The van der Waals surface area contributed by atoms with E-state index >= 15 is 0 Å². The molecule has 7 nitrogen and oxygen atoms in total. The lowest BCUT2D eigenvalue weighted by Crippen LogP contribution is -2.35. The van der Waals surface area contributed by atoms with E-state index in [4.69, 9.17) is 4.74 Å². The molecule has 4 rings (SSSR count). The third-order valence-corrected chi connectivity index (χ3v) is 4.14. The van der Waals surface area contributed by atoms with Crippen LogP contribution in [0.15, 0.2) is 42.6 Å². The molecule has 0 N–H and O–H groups in total. The van der Waals surface area contributed by atoms with Gasteiger partial charge in [0.05, 0.1) is 13.7 Å². The third kappa shape index (κ3) is 2.80. The fraction of sp³-hybridized carbons (Fsp3) is 0.294. The number of fused-ring (bicyclic) bond motifs is 1. The van der Waals surface area contributed by atoms with Gasteiger partial charge in [-0.05, 0) is 5.56 Å². The van der Waals surface area contributed by atoms with Gasteiger partial charge in [0, 0.05) is 31.8 Å². The summed E-state index contributed by atoms with van der Waals surface area (Å²) in [4.78, 5) is 10.8. The summed E-state index contributed by atoms with van der Waals surface area (Å²) in [6, 6.07) is 12.1. The molecule has 1 aromatic carbocycles. The van der Waals surface area contributed by atoms with Crippen LogP contribution in [0.5, 0.6) is 5.88 Å². The Bertz CT molecular complexity index is 832. The molecule has 3 heterocycles. The molecular formula is C17H18N6O. The van der Waals surface area contributed by atoms with E-state index in [0.717, 1.165) is 31.2 Å². The van der Waals surface area contributed by atoms with Gasteiger partial charge >= 0.3 is 0 Å². The van der Waals surface area contributed by atoms with Crippen molar-refractivity contribution in [3.63, 3.8) is 0 Å². The summed E-state index contributed by atoms with van der Waals surface area (Å²) in [7, 11) is 1.61. The molecule has 0 unspecified atom stereocenters. The summed E-state index contributed by atoms with van der Waals surface area (Å²) in [5, 5.41) is 8.73. The molecule has 0 saturated carbocycles. The number of anilines is 1. The second-order valence-electron chi connectivity index (χ2n) is 5.67. The molecule has 122 valence electrons. The van der Waals surface area contributed by atoms with Crippen molar-refractivity contribution in [3.05, 3.63) is 59.8 Å². The molecule has 0 amide bonds. The van der Waals surface area contributed by atoms with Crippen molar-refractivity contribution in [1.82, 2.24) is 24.7 Å². The van der Waals surface area contributed by atoms with Gasteiger partial charge in [0.1, 0.15) is 5.82 Å². The summed E-state index contributed by atoms with van der Waals surface area (Å²) in [5.74, 6) is 3.17. The highest BCUT2D eigenvalue weighted by Gasteiger charge is 2.23. The Labute approximate surface area is 140 Å². The quantitative estimate of drug-likeness (QED) is 0.728. The molecule has 1 aliphatic heterocycles. The average Bonchev–Trinajstić information content (AvgIpc) is 3.05. The van der Waals surface area contributed by atoms with Crippen LogP contribution in [0.25, 0.3) is 0 Å². The standard InChI is InChI=1S/C17H18N6O/c1-24-16-7-8-18-17(19-16)22-9-10-23-14(20-21-15(23)12-22)11-13-5-3-2-4-6-13/h2-8H,9-12H2,1H3. The molecule has 7 heteroatoms. The van der Waals surface area contributed by atoms with Gasteiger partial charge < -0.3 is 14.2 Å². The molecule has 0 fully saturated rings. The highest BCUT2D eigenvalue weighted by atomic mass is 16.5. The lowest BCUT2D eigenvalue weighted by Gasteiger charge is -2.27. The minimum Gasteiger partial charge on any atom is -0.481 e. The normalized spacial score (nSPS) is 13.6. The Kier molecular flexibility index (Phi) is 3.82. The van der Waals surface area contributed by atoms with E-state index in [1.807, 2.05) is 18.2 Å². The Hall–Kier alpha value is -2.96. The summed E-state index contributed by atoms with van der Waals surface area (Å²) in [5.41, 5.74) is 1.24. The van der Waals surface area contributed by atoms with Crippen LogP contribution in [0.2, 0.25) is 0 Å². The molecule has 0 radical (unpaired) electrons. The Morgan fingerprint density at radius 1 is 1.08 bits per heavy atom. The number of methoxy groups -OCH3 is 1. The van der Waals surface area contributed by atoms with Crippen LogP contribution in [0.4, 0.5) is 5.95 Å². The van der Waals surface area contributed by atoms with Crippen LogP contribution in [0, 0.1) is 0 Å². The first-order valence-electron chi connectivity index (χ1n) is 7.90. The SMILES string of the molecule is COc1ccnc(N2CCn3c(Cc4ccccc4)nnc3C2)n1. The van der Waals surface area contributed by atoms with Gasteiger partial charge in [-0.25, -0.2) is 4.98 Å². The zero-order chi connectivity index (χ0) is 16.4. The van der Waals surface area contributed by atoms with E-state index in [0.29, 0.717) is 18.4 Å². The lowest BCUT2D eigenvalue weighted by atomic mass is 10.1. The summed E-state index contributed by atoms with van der Waals surface area (Å²) >= 11 is 0. The van der Waals surface area contributed by atoms with Crippen molar-refractivity contribution in [3.8, 4) is 5.88 Å². The Balaban J connectivity index is 1.54. The lowest BCUT2D eigenvalue weighted by molar-refractivity contribution is 0.396. The van der Waals surface area contributed by atoms with Crippen molar-refractivity contribution in [2.24, 2.45) is 0 Å². The number of hydrogen-bond acceptors (Lipinski definition) is 6. The fourth-order valence-electron chi connectivity index (χ4n) is 2.90. The van der Waals surface area contributed by atoms with E-state index in [9.17, 15) is 0 Å². The first kappa shape index (κ1) is 14.6. The maximum atomic E-state index is 5.17. The van der Waals surface area contributed by atoms with Gasteiger partial charge in [-0.15, -0.1) is 10.2 Å². The van der Waals surface area contributed by atoms with Crippen LogP contribution in [-0.2, 0) is 19.5 Å². The molecule has 24 heavy (non-hydrogen) atoms. The van der Waals surface area contributed by atoms with Gasteiger partial charge in [-0.1, -0.05) is 30.3 Å². The van der Waals surface area contributed by atoms with Crippen molar-refractivity contribution >= 4 is 5.95 Å². The Morgan fingerprint density at radius 3 is 2.79 bits per heavy atom. The van der Waals surface area contributed by atoms with Gasteiger partial charge in [-0.2, -0.15) is 4.98 Å². The van der Waals surface area contributed by atoms with Crippen LogP contribution in [0.1, 0.15) is 17.2 Å². The highest BCUT2D eigenvalue weighted by Crippen LogP contribution is 2.20. The van der Waals surface area contributed by atoms with Gasteiger partial charge in [-0.3, -0.25) is 0 Å². The minimum atomic E-state index is 0.566. The molecule has 2 aromatic heterocycles. The molecule has 1 aliphatic rings. The zero-order valence-corrected chi connectivity index (χ0v) is 13.5. The second-order valence-corrected chi connectivity index (χ2v) is 5.67. The number of benzene rings is 1. The van der Waals surface area contributed by atoms with Gasteiger partial charge in [0.25, 0.3) is 0 Å². The van der Waals surface area contributed by atoms with Crippen molar-refractivity contribution in [2.75, 3.05) is 18.6 Å². The number of nitrogens with zero attached hydrogens (tertiary/aromatic N) is 6. The molecule has 0 saturated heterocycles. The smallest absolute Gasteiger partial charge is 0.229 e. The molecule has 0 bridgehead atoms. The number of hydrogen-bond donors (Lipinski definition) is 0. The molecule has 0 atom stereocenters. The minimum absolute atomic E-state index is 0.566. The first-order chi connectivity index (χ1) is 11.8. The van der Waals surface area contributed by atoms with E-state index in [1.165, 1.54) is 5.56 Å². The van der Waals surface area contributed by atoms with Gasteiger partial charge in [0.15, 0.2) is 5.82 Å². The summed E-state index contributed by atoms with van der Waals surface area (Å²) in [6.45, 7) is 2.29. The first-order valence-corrected chi connectivity index (χ1v) is 7.90. The van der Waals surface area contributed by atoms with Crippen LogP contribution < -0.4 is 9.64 Å². The fourth-order valence-corrected chi connectivity index (χ4v) is 2.90. The Morgan fingerprint density at radius 2 is 1.96 bits per heavy atom. The van der Waals surface area contributed by atoms with Crippen LogP contribution >= 0.6 is 0 Å². The molecular weight excluding hydrogens is 304 g/mol. The van der Waals surface area contributed by atoms with Crippen molar-refractivity contribution < 1.29 is 4.74 Å². The van der Waals surface area contributed by atoms with Crippen LogP contribution in [-0.4, -0.2) is 38.4 Å². The highest BCUT2D eigenvalue weighted by molar-refractivity contribution is 5.33. The van der Waals surface area contributed by atoms with E-state index < -0.39 is 0 Å². The summed E-state index contributed by atoms with van der Waals surface area (Å²) in [6.07, 6.45) is 2.50. The van der Waals surface area contributed by atoms with E-state index in [-0.39, 0.29) is 0 Å². The van der Waals surface area contributed by atoms with Crippen molar-refractivity contribution in [1.29, 1.82) is 0 Å². The predicted molar refractivity (Wildman–Crippen MR) is 88.9 cm³/mol. The van der Waals surface area contributed by atoms with Crippen LogP contribution in [0.3, 0.4) is 0 Å². The monoisotopic (exact) mass is 322 g/mol. The molecule has 0 spiro atoms. The second kappa shape index (κ2) is 6.27. The van der Waals surface area contributed by atoms with Crippen molar-refractivity contribution in [2.45, 2.75) is 19.5 Å². The van der Waals surface area contributed by atoms with E-state index in [2.05, 4.69) is 41.8 Å². The topological polar surface area (TPSA) is 69.0 Å². The number of rotatable bonds is 4. The number of ether oxygens (including phenoxy) is 1.